The van der Waals surface area contributed by atoms with Gasteiger partial charge in [0.2, 0.25) is 0 Å². The van der Waals surface area contributed by atoms with Crippen molar-refractivity contribution in [1.29, 1.82) is 0 Å². The van der Waals surface area contributed by atoms with Gasteiger partial charge in [-0.05, 0) is 26.0 Å². The lowest BCUT2D eigenvalue weighted by Crippen LogP contribution is -1.90. The first-order valence-corrected chi connectivity index (χ1v) is 5.83. The van der Waals surface area contributed by atoms with Gasteiger partial charge in [-0.1, -0.05) is 12.1 Å². The van der Waals surface area contributed by atoms with E-state index in [9.17, 15) is 0 Å². The van der Waals surface area contributed by atoms with Crippen molar-refractivity contribution in [3.05, 3.63) is 35.3 Å². The molecule has 2 rings (SSSR count). The van der Waals surface area contributed by atoms with Gasteiger partial charge >= 0.3 is 0 Å². The summed E-state index contributed by atoms with van der Waals surface area (Å²) in [6, 6.07) is 8.05. The van der Waals surface area contributed by atoms with Crippen LogP contribution >= 0.6 is 11.3 Å². The molecule has 3 heteroatoms. The molecule has 0 N–H and O–H groups in total. The second kappa shape index (κ2) is 4.45. The standard InChI is InChI=1S/C12H13NOS/c1-3-14-11-6-4-5-10(7-11)12-13-9(2)8-15-12/h4-8H,3H2,1-2H3. The van der Waals surface area contributed by atoms with Crippen molar-refractivity contribution in [3.63, 3.8) is 0 Å². The summed E-state index contributed by atoms with van der Waals surface area (Å²) in [6.45, 7) is 4.69. The third kappa shape index (κ3) is 2.36. The van der Waals surface area contributed by atoms with Crippen LogP contribution in [0, 0.1) is 6.92 Å². The van der Waals surface area contributed by atoms with Gasteiger partial charge in [-0.3, -0.25) is 0 Å². The number of aryl methyl sites for hydroxylation is 1. The molecular weight excluding hydrogens is 206 g/mol. The van der Waals surface area contributed by atoms with Gasteiger partial charge in [0, 0.05) is 16.6 Å². The highest BCUT2D eigenvalue weighted by atomic mass is 32.1. The Hall–Kier alpha value is -1.35. The van der Waals surface area contributed by atoms with E-state index in [4.69, 9.17) is 4.74 Å². The lowest BCUT2D eigenvalue weighted by molar-refractivity contribution is 0.340. The first-order valence-electron chi connectivity index (χ1n) is 4.95. The first kappa shape index (κ1) is 10.2. The maximum absolute atomic E-state index is 5.45. The second-order valence-electron chi connectivity index (χ2n) is 3.25. The molecule has 0 atom stereocenters. The quantitative estimate of drug-likeness (QED) is 0.788. The zero-order valence-corrected chi connectivity index (χ0v) is 9.67. The SMILES string of the molecule is CCOc1cccc(-c2nc(C)cs2)c1. The zero-order chi connectivity index (χ0) is 10.7. The number of hydrogen-bond donors (Lipinski definition) is 0. The van der Waals surface area contributed by atoms with Gasteiger partial charge in [-0.25, -0.2) is 4.98 Å². The van der Waals surface area contributed by atoms with Crippen molar-refractivity contribution in [2.45, 2.75) is 13.8 Å². The van der Waals surface area contributed by atoms with E-state index in [0.29, 0.717) is 6.61 Å². The molecule has 0 fully saturated rings. The summed E-state index contributed by atoms with van der Waals surface area (Å²) in [6.07, 6.45) is 0. The molecule has 0 spiro atoms. The molecule has 1 aromatic carbocycles. The highest BCUT2D eigenvalue weighted by Gasteiger charge is 2.03. The lowest BCUT2D eigenvalue weighted by atomic mass is 10.2. The smallest absolute Gasteiger partial charge is 0.123 e. The van der Waals surface area contributed by atoms with E-state index < -0.39 is 0 Å². The van der Waals surface area contributed by atoms with Gasteiger partial charge in [0.25, 0.3) is 0 Å². The van der Waals surface area contributed by atoms with Crippen molar-refractivity contribution in [1.82, 2.24) is 4.98 Å². The molecule has 0 aliphatic heterocycles. The highest BCUT2D eigenvalue weighted by molar-refractivity contribution is 7.13. The van der Waals surface area contributed by atoms with Crippen LogP contribution in [0.3, 0.4) is 0 Å². The topological polar surface area (TPSA) is 22.1 Å². The molecule has 0 saturated heterocycles. The fourth-order valence-corrected chi connectivity index (χ4v) is 2.17. The predicted molar refractivity (Wildman–Crippen MR) is 63.5 cm³/mol. The van der Waals surface area contributed by atoms with Crippen LogP contribution in [0.4, 0.5) is 0 Å². The molecule has 0 unspecified atom stereocenters. The Morgan fingerprint density at radius 2 is 2.27 bits per heavy atom. The maximum atomic E-state index is 5.45. The number of aromatic nitrogens is 1. The molecule has 15 heavy (non-hydrogen) atoms. The molecule has 0 aliphatic rings. The Labute approximate surface area is 93.6 Å². The molecular formula is C12H13NOS. The largest absolute Gasteiger partial charge is 0.494 e. The van der Waals surface area contributed by atoms with Gasteiger partial charge in [0.15, 0.2) is 0 Å². The van der Waals surface area contributed by atoms with Gasteiger partial charge in [-0.15, -0.1) is 11.3 Å². The van der Waals surface area contributed by atoms with Crippen LogP contribution in [0.25, 0.3) is 10.6 Å². The molecule has 0 saturated carbocycles. The molecule has 0 bridgehead atoms. The summed E-state index contributed by atoms with van der Waals surface area (Å²) in [5.74, 6) is 0.905. The van der Waals surface area contributed by atoms with Crippen molar-refractivity contribution < 1.29 is 4.74 Å². The lowest BCUT2D eigenvalue weighted by Gasteiger charge is -2.03. The van der Waals surface area contributed by atoms with Crippen LogP contribution in [0.1, 0.15) is 12.6 Å². The Morgan fingerprint density at radius 1 is 1.40 bits per heavy atom. The van der Waals surface area contributed by atoms with Crippen molar-refractivity contribution in [2.24, 2.45) is 0 Å². The number of nitrogens with zero attached hydrogens (tertiary/aromatic N) is 1. The number of ether oxygens (including phenoxy) is 1. The van der Waals surface area contributed by atoms with E-state index in [1.807, 2.05) is 32.0 Å². The zero-order valence-electron chi connectivity index (χ0n) is 8.86. The molecule has 0 aliphatic carbocycles. The van der Waals surface area contributed by atoms with E-state index in [0.717, 1.165) is 22.0 Å². The molecule has 2 nitrogen and oxygen atoms in total. The average Bonchev–Trinajstić information content (AvgIpc) is 2.66. The molecule has 1 aromatic heterocycles. The number of rotatable bonds is 3. The van der Waals surface area contributed by atoms with Gasteiger partial charge < -0.3 is 4.74 Å². The number of hydrogen-bond acceptors (Lipinski definition) is 3. The van der Waals surface area contributed by atoms with Crippen molar-refractivity contribution >= 4 is 11.3 Å². The Bertz CT molecular complexity index is 450. The van der Waals surface area contributed by atoms with Crippen LogP contribution in [-0.2, 0) is 0 Å². The van der Waals surface area contributed by atoms with Crippen LogP contribution in [0.2, 0.25) is 0 Å². The van der Waals surface area contributed by atoms with Crippen LogP contribution < -0.4 is 4.74 Å². The summed E-state index contributed by atoms with van der Waals surface area (Å²) < 4.78 is 5.45. The monoisotopic (exact) mass is 219 g/mol. The summed E-state index contributed by atoms with van der Waals surface area (Å²) in [4.78, 5) is 4.45. The minimum Gasteiger partial charge on any atom is -0.494 e. The molecule has 2 aromatic rings. The highest BCUT2D eigenvalue weighted by Crippen LogP contribution is 2.26. The third-order valence-corrected chi connectivity index (χ3v) is 3.02. The summed E-state index contributed by atoms with van der Waals surface area (Å²) in [5, 5.41) is 3.11. The second-order valence-corrected chi connectivity index (χ2v) is 4.11. The van der Waals surface area contributed by atoms with E-state index in [1.165, 1.54) is 0 Å². The Morgan fingerprint density at radius 3 is 2.93 bits per heavy atom. The fourth-order valence-electron chi connectivity index (χ4n) is 1.37. The average molecular weight is 219 g/mol. The van der Waals surface area contributed by atoms with Gasteiger partial charge in [0.1, 0.15) is 10.8 Å². The molecule has 1 heterocycles. The molecule has 0 amide bonds. The molecule has 78 valence electrons. The maximum Gasteiger partial charge on any atom is 0.123 e. The number of thiazole rings is 1. The van der Waals surface area contributed by atoms with E-state index in [1.54, 1.807) is 11.3 Å². The van der Waals surface area contributed by atoms with Crippen LogP contribution in [0.15, 0.2) is 29.6 Å². The predicted octanol–water partition coefficient (Wildman–Crippen LogP) is 3.52. The summed E-state index contributed by atoms with van der Waals surface area (Å²) in [7, 11) is 0. The van der Waals surface area contributed by atoms with Crippen molar-refractivity contribution in [3.8, 4) is 16.3 Å². The fraction of sp³-hybridized carbons (Fsp3) is 0.250. The number of benzene rings is 1. The Kier molecular flexibility index (Phi) is 3.02. The minimum atomic E-state index is 0.695. The third-order valence-electron chi connectivity index (χ3n) is 2.01. The minimum absolute atomic E-state index is 0.695. The van der Waals surface area contributed by atoms with Crippen LogP contribution in [-0.4, -0.2) is 11.6 Å². The first-order chi connectivity index (χ1) is 7.29. The molecule has 0 radical (unpaired) electrons. The van der Waals surface area contributed by atoms with E-state index in [-0.39, 0.29) is 0 Å². The van der Waals surface area contributed by atoms with Crippen LogP contribution in [0.5, 0.6) is 5.75 Å². The van der Waals surface area contributed by atoms with E-state index in [2.05, 4.69) is 16.4 Å². The van der Waals surface area contributed by atoms with E-state index >= 15 is 0 Å². The Balaban J connectivity index is 2.32. The van der Waals surface area contributed by atoms with Gasteiger partial charge in [0.05, 0.1) is 6.61 Å². The van der Waals surface area contributed by atoms with Crippen molar-refractivity contribution in [2.75, 3.05) is 6.61 Å². The normalized spacial score (nSPS) is 10.3. The summed E-state index contributed by atoms with van der Waals surface area (Å²) in [5.41, 5.74) is 2.19. The summed E-state index contributed by atoms with van der Waals surface area (Å²) >= 11 is 1.66. The van der Waals surface area contributed by atoms with Gasteiger partial charge in [-0.2, -0.15) is 0 Å².